The zero-order valence-electron chi connectivity index (χ0n) is 8.41. The third-order valence-electron chi connectivity index (χ3n) is 1.73. The Kier molecular flexibility index (Phi) is 6.00. The Morgan fingerprint density at radius 1 is 1.38 bits per heavy atom. The van der Waals surface area contributed by atoms with Crippen molar-refractivity contribution in [1.29, 1.82) is 0 Å². The lowest BCUT2D eigenvalue weighted by atomic mass is 10.5. The standard InChI is InChI=1S/C8H17O4P/c1-4-12-13(10,5-2)7-6-8(9)11-3/h4-7H2,1-3H3. The molecule has 13 heavy (non-hydrogen) atoms. The number of ether oxygens (including phenoxy) is 1. The maximum Gasteiger partial charge on any atom is 0.306 e. The van der Waals surface area contributed by atoms with Crippen LogP contribution in [-0.2, 0) is 18.6 Å². The first-order valence-corrected chi connectivity index (χ1v) is 6.37. The molecule has 0 amide bonds. The third kappa shape index (κ3) is 5.06. The number of hydrogen-bond acceptors (Lipinski definition) is 4. The summed E-state index contributed by atoms with van der Waals surface area (Å²) in [6.07, 6.45) is 0.920. The van der Waals surface area contributed by atoms with Crippen molar-refractivity contribution < 1.29 is 18.6 Å². The average molecular weight is 208 g/mol. The Morgan fingerprint density at radius 2 is 2.00 bits per heavy atom. The van der Waals surface area contributed by atoms with Crippen LogP contribution in [0.5, 0.6) is 0 Å². The fourth-order valence-electron chi connectivity index (χ4n) is 0.913. The van der Waals surface area contributed by atoms with E-state index in [4.69, 9.17) is 4.52 Å². The van der Waals surface area contributed by atoms with Crippen LogP contribution < -0.4 is 0 Å². The molecule has 0 spiro atoms. The summed E-state index contributed by atoms with van der Waals surface area (Å²) in [7, 11) is -1.25. The molecule has 0 aromatic rings. The first-order valence-electron chi connectivity index (χ1n) is 4.37. The highest BCUT2D eigenvalue weighted by atomic mass is 31.2. The highest BCUT2D eigenvalue weighted by Gasteiger charge is 2.21. The molecule has 1 unspecified atom stereocenters. The molecule has 0 aliphatic rings. The van der Waals surface area contributed by atoms with E-state index in [1.165, 1.54) is 7.11 Å². The van der Waals surface area contributed by atoms with Crippen molar-refractivity contribution in [3.05, 3.63) is 0 Å². The van der Waals surface area contributed by atoms with Crippen LogP contribution in [0.25, 0.3) is 0 Å². The second kappa shape index (κ2) is 6.17. The smallest absolute Gasteiger partial charge is 0.306 e. The van der Waals surface area contributed by atoms with Crippen LogP contribution >= 0.6 is 7.37 Å². The van der Waals surface area contributed by atoms with Gasteiger partial charge in [0.1, 0.15) is 0 Å². The fourth-order valence-corrected chi connectivity index (χ4v) is 2.53. The minimum atomic E-state index is -2.57. The van der Waals surface area contributed by atoms with Gasteiger partial charge in [0.2, 0.25) is 7.37 Å². The normalized spacial score (nSPS) is 15.0. The first-order chi connectivity index (χ1) is 6.08. The predicted molar refractivity (Wildman–Crippen MR) is 51.3 cm³/mol. The van der Waals surface area contributed by atoms with Crippen molar-refractivity contribution in [3.63, 3.8) is 0 Å². The van der Waals surface area contributed by atoms with Crippen LogP contribution in [0, 0.1) is 0 Å². The van der Waals surface area contributed by atoms with Gasteiger partial charge in [-0.25, -0.2) is 0 Å². The van der Waals surface area contributed by atoms with Crippen molar-refractivity contribution in [2.45, 2.75) is 20.3 Å². The second-order valence-electron chi connectivity index (χ2n) is 2.60. The molecule has 0 aromatic heterocycles. The van der Waals surface area contributed by atoms with Crippen molar-refractivity contribution in [1.82, 2.24) is 0 Å². The monoisotopic (exact) mass is 208 g/mol. The highest BCUT2D eigenvalue weighted by molar-refractivity contribution is 7.58. The van der Waals surface area contributed by atoms with Crippen LogP contribution in [0.4, 0.5) is 0 Å². The summed E-state index contributed by atoms with van der Waals surface area (Å²) >= 11 is 0. The third-order valence-corrected chi connectivity index (χ3v) is 4.33. The number of rotatable bonds is 6. The second-order valence-corrected chi connectivity index (χ2v) is 5.57. The minimum absolute atomic E-state index is 0.168. The molecule has 4 nitrogen and oxygen atoms in total. The van der Waals surface area contributed by atoms with Crippen LogP contribution in [0.2, 0.25) is 0 Å². The number of methoxy groups -OCH3 is 1. The SMILES string of the molecule is CCOP(=O)(CC)CCC(=O)OC. The summed E-state index contributed by atoms with van der Waals surface area (Å²) < 4.78 is 21.3. The molecule has 0 radical (unpaired) electrons. The largest absolute Gasteiger partial charge is 0.469 e. The van der Waals surface area contributed by atoms with Gasteiger partial charge in [0.05, 0.1) is 20.1 Å². The van der Waals surface area contributed by atoms with Crippen molar-refractivity contribution in [2.75, 3.05) is 26.0 Å². The molecule has 0 heterocycles. The summed E-state index contributed by atoms with van der Waals surface area (Å²) in [5, 5.41) is 0. The predicted octanol–water partition coefficient (Wildman–Crippen LogP) is 1.88. The van der Waals surface area contributed by atoms with E-state index in [-0.39, 0.29) is 18.6 Å². The highest BCUT2D eigenvalue weighted by Crippen LogP contribution is 2.46. The van der Waals surface area contributed by atoms with Crippen LogP contribution in [-0.4, -0.2) is 32.0 Å². The van der Waals surface area contributed by atoms with Crippen LogP contribution in [0.15, 0.2) is 0 Å². The summed E-state index contributed by atoms with van der Waals surface area (Å²) in [6.45, 7) is 4.01. The van der Waals surface area contributed by atoms with Gasteiger partial charge in [0, 0.05) is 12.3 Å². The lowest BCUT2D eigenvalue weighted by molar-refractivity contribution is -0.140. The molecule has 0 saturated carbocycles. The molecule has 0 aliphatic carbocycles. The van der Waals surface area contributed by atoms with Gasteiger partial charge in [-0.2, -0.15) is 0 Å². The Labute approximate surface area is 79.1 Å². The lowest BCUT2D eigenvalue weighted by Gasteiger charge is -2.14. The topological polar surface area (TPSA) is 52.6 Å². The van der Waals surface area contributed by atoms with E-state index in [1.54, 1.807) is 13.8 Å². The lowest BCUT2D eigenvalue weighted by Crippen LogP contribution is -2.06. The van der Waals surface area contributed by atoms with Crippen LogP contribution in [0.3, 0.4) is 0 Å². The molecule has 0 aromatic carbocycles. The van der Waals surface area contributed by atoms with E-state index >= 15 is 0 Å². The molecule has 78 valence electrons. The van der Waals surface area contributed by atoms with E-state index < -0.39 is 7.37 Å². The molecule has 0 N–H and O–H groups in total. The number of carbonyl (C=O) groups excluding carboxylic acids is 1. The maximum absolute atomic E-state index is 11.8. The molecule has 1 atom stereocenters. The summed E-state index contributed by atoms with van der Waals surface area (Å²) in [4.78, 5) is 10.8. The minimum Gasteiger partial charge on any atom is -0.469 e. The van der Waals surface area contributed by atoms with Gasteiger partial charge >= 0.3 is 5.97 Å². The van der Waals surface area contributed by atoms with Gasteiger partial charge in [-0.15, -0.1) is 0 Å². The van der Waals surface area contributed by atoms with Gasteiger partial charge in [0.15, 0.2) is 0 Å². The Bertz CT molecular complexity index is 202. The summed E-state index contributed by atoms with van der Waals surface area (Å²) in [5.41, 5.74) is 0. The van der Waals surface area contributed by atoms with Gasteiger partial charge in [-0.3, -0.25) is 9.36 Å². The summed E-state index contributed by atoms with van der Waals surface area (Å²) in [5.74, 6) is -0.339. The molecule has 0 fully saturated rings. The quantitative estimate of drug-likeness (QED) is 0.494. The number of carbonyl (C=O) groups is 1. The molecular formula is C8H17O4P. The van der Waals surface area contributed by atoms with Crippen LogP contribution in [0.1, 0.15) is 20.3 Å². The molecule has 0 bridgehead atoms. The average Bonchev–Trinajstić information content (AvgIpc) is 2.15. The zero-order chi connectivity index (χ0) is 10.3. The van der Waals surface area contributed by atoms with E-state index in [0.29, 0.717) is 12.8 Å². The van der Waals surface area contributed by atoms with Gasteiger partial charge in [0.25, 0.3) is 0 Å². The van der Waals surface area contributed by atoms with Crippen molar-refractivity contribution in [3.8, 4) is 0 Å². The zero-order valence-corrected chi connectivity index (χ0v) is 9.30. The number of esters is 1. The van der Waals surface area contributed by atoms with Gasteiger partial charge < -0.3 is 9.26 Å². The van der Waals surface area contributed by atoms with Crippen molar-refractivity contribution in [2.24, 2.45) is 0 Å². The molecule has 0 rings (SSSR count). The van der Waals surface area contributed by atoms with E-state index in [0.717, 1.165) is 0 Å². The van der Waals surface area contributed by atoms with E-state index in [2.05, 4.69) is 4.74 Å². The fraction of sp³-hybridized carbons (Fsp3) is 0.875. The molecule has 0 saturated heterocycles. The van der Waals surface area contributed by atoms with E-state index in [1.807, 2.05) is 0 Å². The van der Waals surface area contributed by atoms with Crippen molar-refractivity contribution >= 4 is 13.3 Å². The first kappa shape index (κ1) is 12.7. The Balaban J connectivity index is 3.97. The Hall–Kier alpha value is -0.340. The molecular weight excluding hydrogens is 191 g/mol. The van der Waals surface area contributed by atoms with E-state index in [9.17, 15) is 9.36 Å². The van der Waals surface area contributed by atoms with Gasteiger partial charge in [-0.1, -0.05) is 6.92 Å². The Morgan fingerprint density at radius 3 is 2.38 bits per heavy atom. The number of hydrogen-bond donors (Lipinski definition) is 0. The molecule has 0 aliphatic heterocycles. The molecule has 5 heteroatoms. The summed E-state index contributed by atoms with van der Waals surface area (Å²) in [6, 6.07) is 0. The maximum atomic E-state index is 11.8. The van der Waals surface area contributed by atoms with Gasteiger partial charge in [-0.05, 0) is 6.92 Å².